The molecule has 2 fully saturated rings. The summed E-state index contributed by atoms with van der Waals surface area (Å²) in [6, 6.07) is 8.57. The van der Waals surface area contributed by atoms with Crippen LogP contribution in [0.25, 0.3) is 5.52 Å². The summed E-state index contributed by atoms with van der Waals surface area (Å²) < 4.78 is 21.4. The van der Waals surface area contributed by atoms with Crippen molar-refractivity contribution in [2.75, 3.05) is 25.6 Å². The molecule has 11 heteroatoms. The van der Waals surface area contributed by atoms with Crippen LogP contribution in [0.15, 0.2) is 47.9 Å². The molecular formula is C27H33FN8O2. The number of rotatable bonds is 7. The van der Waals surface area contributed by atoms with Crippen molar-refractivity contribution in [2.45, 2.75) is 50.6 Å². The van der Waals surface area contributed by atoms with Gasteiger partial charge in [0, 0.05) is 43.0 Å². The number of halogens is 1. The quantitative estimate of drug-likeness (QED) is 0.176. The maximum Gasteiger partial charge on any atom is 0.255 e. The number of aromatic nitrogens is 2. The SMILES string of the molecule is COc1ccc(F)cc1[C@H]1CCCN1c1ccn2ncc(C(=O)NC3CCC(C(=N)N(C)N=N)CC3)c2c1. The fourth-order valence-electron chi connectivity index (χ4n) is 5.78. The van der Waals surface area contributed by atoms with E-state index in [9.17, 15) is 9.18 Å². The first kappa shape index (κ1) is 25.6. The van der Waals surface area contributed by atoms with E-state index in [1.165, 1.54) is 11.1 Å². The Morgan fingerprint density at radius 2 is 2.00 bits per heavy atom. The van der Waals surface area contributed by atoms with Gasteiger partial charge in [0.05, 0.1) is 30.4 Å². The molecule has 3 aromatic rings. The van der Waals surface area contributed by atoms with Gasteiger partial charge < -0.3 is 15.0 Å². The predicted octanol–water partition coefficient (Wildman–Crippen LogP) is 4.97. The number of benzene rings is 1. The smallest absolute Gasteiger partial charge is 0.255 e. The summed E-state index contributed by atoms with van der Waals surface area (Å²) in [5.74, 6) is 0.600. The number of pyridine rings is 1. The van der Waals surface area contributed by atoms with Crippen molar-refractivity contribution in [3.8, 4) is 5.75 Å². The highest BCUT2D eigenvalue weighted by Gasteiger charge is 2.30. The first-order valence-electron chi connectivity index (χ1n) is 13.0. The molecule has 5 rings (SSSR count). The molecule has 1 saturated heterocycles. The fourth-order valence-corrected chi connectivity index (χ4v) is 5.78. The highest BCUT2D eigenvalue weighted by molar-refractivity contribution is 6.01. The lowest BCUT2D eigenvalue weighted by molar-refractivity contribution is 0.0926. The van der Waals surface area contributed by atoms with E-state index in [-0.39, 0.29) is 29.7 Å². The Labute approximate surface area is 220 Å². The second-order valence-corrected chi connectivity index (χ2v) is 10.0. The van der Waals surface area contributed by atoms with Crippen molar-refractivity contribution in [3.63, 3.8) is 0 Å². The zero-order valence-corrected chi connectivity index (χ0v) is 21.7. The lowest BCUT2D eigenvalue weighted by Gasteiger charge is -2.30. The summed E-state index contributed by atoms with van der Waals surface area (Å²) >= 11 is 0. The van der Waals surface area contributed by atoms with Crippen molar-refractivity contribution in [1.82, 2.24) is 19.9 Å². The van der Waals surface area contributed by atoms with E-state index < -0.39 is 0 Å². The molecule has 1 saturated carbocycles. The summed E-state index contributed by atoms with van der Waals surface area (Å²) in [4.78, 5) is 15.5. The topological polar surface area (TPSA) is 122 Å². The molecule has 3 N–H and O–H groups in total. The van der Waals surface area contributed by atoms with Crippen LogP contribution in [0, 0.1) is 22.7 Å². The summed E-state index contributed by atoms with van der Waals surface area (Å²) in [6.07, 6.45) is 8.35. The lowest BCUT2D eigenvalue weighted by atomic mass is 9.85. The largest absolute Gasteiger partial charge is 0.496 e. The Kier molecular flexibility index (Phi) is 7.26. The van der Waals surface area contributed by atoms with Gasteiger partial charge in [0.2, 0.25) is 0 Å². The number of nitrogens with zero attached hydrogens (tertiary/aromatic N) is 5. The van der Waals surface area contributed by atoms with Gasteiger partial charge in [-0.15, -0.1) is 0 Å². The summed E-state index contributed by atoms with van der Waals surface area (Å²) in [6.45, 7) is 0.817. The summed E-state index contributed by atoms with van der Waals surface area (Å²) in [5.41, 5.74) is 10.1. The maximum atomic E-state index is 14.1. The van der Waals surface area contributed by atoms with Gasteiger partial charge in [0.25, 0.3) is 5.91 Å². The van der Waals surface area contributed by atoms with Crippen LogP contribution < -0.4 is 15.0 Å². The van der Waals surface area contributed by atoms with Crippen LogP contribution >= 0.6 is 0 Å². The van der Waals surface area contributed by atoms with E-state index in [1.807, 2.05) is 18.3 Å². The van der Waals surface area contributed by atoms with Gasteiger partial charge in [0.1, 0.15) is 17.4 Å². The number of amidine groups is 1. The molecule has 0 bridgehead atoms. The normalized spacial score (nSPS) is 21.3. The number of nitrogens with one attached hydrogen (secondary N) is 3. The minimum absolute atomic E-state index is 0.0198. The third-order valence-electron chi connectivity index (χ3n) is 7.83. The number of ether oxygens (including phenoxy) is 1. The standard InChI is InChI=1S/C27H33FN8O2/c1-34(33-30)26(29)17-5-8-19(9-6-17)32-27(37)22-16-31-36-13-11-20(15-24(22)36)35-12-3-4-23(35)21-14-18(28)7-10-25(21)38-2/h7,10-11,13-17,19,23,29-30H,3-6,8-9,12H2,1-2H3,(H,32,37)/t17?,19?,23-/m1/s1. The highest BCUT2D eigenvalue weighted by atomic mass is 19.1. The van der Waals surface area contributed by atoms with Gasteiger partial charge in [-0.3, -0.25) is 10.2 Å². The molecular weight excluding hydrogens is 487 g/mol. The van der Waals surface area contributed by atoms with Crippen molar-refractivity contribution in [1.29, 1.82) is 10.9 Å². The Bertz CT molecular complexity index is 1350. The molecule has 1 amide bonds. The fraction of sp³-hybridized carbons (Fsp3) is 0.444. The monoisotopic (exact) mass is 520 g/mol. The number of carbonyl (C=O) groups excluding carboxylic acids is 1. The molecule has 2 aliphatic rings. The molecule has 1 aromatic carbocycles. The van der Waals surface area contributed by atoms with Gasteiger partial charge in [-0.05, 0) is 68.9 Å². The van der Waals surface area contributed by atoms with Crippen LogP contribution in [0.1, 0.15) is 60.5 Å². The number of hydrogen-bond donors (Lipinski definition) is 3. The van der Waals surface area contributed by atoms with Crippen LogP contribution in [-0.4, -0.2) is 53.1 Å². The van der Waals surface area contributed by atoms with Crippen molar-refractivity contribution < 1.29 is 13.9 Å². The van der Waals surface area contributed by atoms with E-state index in [0.29, 0.717) is 22.7 Å². The zero-order chi connectivity index (χ0) is 26.8. The second kappa shape index (κ2) is 10.8. The van der Waals surface area contributed by atoms with Crippen LogP contribution in [-0.2, 0) is 0 Å². The summed E-state index contributed by atoms with van der Waals surface area (Å²) in [7, 11) is 3.21. The number of anilines is 1. The van der Waals surface area contributed by atoms with Gasteiger partial charge in [0.15, 0.2) is 0 Å². The van der Waals surface area contributed by atoms with Crippen LogP contribution in [0.5, 0.6) is 5.75 Å². The predicted molar refractivity (Wildman–Crippen MR) is 141 cm³/mol. The van der Waals surface area contributed by atoms with Gasteiger partial charge in [-0.2, -0.15) is 10.6 Å². The number of hydrogen-bond acceptors (Lipinski definition) is 7. The number of amides is 1. The number of carbonyl (C=O) groups is 1. The minimum Gasteiger partial charge on any atom is -0.496 e. The van der Waals surface area contributed by atoms with Gasteiger partial charge in [-0.1, -0.05) is 5.22 Å². The van der Waals surface area contributed by atoms with Crippen LogP contribution in [0.3, 0.4) is 0 Å². The minimum atomic E-state index is -0.290. The molecule has 38 heavy (non-hydrogen) atoms. The third kappa shape index (κ3) is 4.92. The van der Waals surface area contributed by atoms with E-state index in [1.54, 1.807) is 37.0 Å². The first-order chi connectivity index (χ1) is 18.4. The molecule has 0 spiro atoms. The number of fused-ring (bicyclic) bond motifs is 1. The van der Waals surface area contributed by atoms with Crippen LogP contribution in [0.2, 0.25) is 0 Å². The van der Waals surface area contributed by atoms with E-state index in [0.717, 1.165) is 56.3 Å². The van der Waals surface area contributed by atoms with E-state index in [4.69, 9.17) is 15.7 Å². The van der Waals surface area contributed by atoms with Gasteiger partial charge >= 0.3 is 0 Å². The molecule has 1 aliphatic heterocycles. The maximum absolute atomic E-state index is 14.1. The van der Waals surface area contributed by atoms with Crippen molar-refractivity contribution >= 4 is 22.9 Å². The Balaban J connectivity index is 1.32. The van der Waals surface area contributed by atoms with Crippen LogP contribution in [0.4, 0.5) is 10.1 Å². The third-order valence-corrected chi connectivity index (χ3v) is 7.83. The lowest BCUT2D eigenvalue weighted by Crippen LogP contribution is -2.40. The highest BCUT2D eigenvalue weighted by Crippen LogP contribution is 2.40. The number of methoxy groups -OCH3 is 1. The molecule has 0 unspecified atom stereocenters. The average Bonchev–Trinajstić information content (AvgIpc) is 3.59. The first-order valence-corrected chi connectivity index (χ1v) is 13.0. The molecule has 1 aliphatic carbocycles. The summed E-state index contributed by atoms with van der Waals surface area (Å²) in [5, 5.41) is 20.3. The molecule has 2 aromatic heterocycles. The van der Waals surface area contributed by atoms with E-state index in [2.05, 4.69) is 20.5 Å². The Morgan fingerprint density at radius 3 is 2.74 bits per heavy atom. The molecule has 10 nitrogen and oxygen atoms in total. The van der Waals surface area contributed by atoms with Gasteiger partial charge in [-0.25, -0.2) is 13.9 Å². The average molecular weight is 521 g/mol. The Morgan fingerprint density at radius 1 is 1.21 bits per heavy atom. The Hall–Kier alpha value is -4.02. The van der Waals surface area contributed by atoms with Crippen molar-refractivity contribution in [2.24, 2.45) is 11.1 Å². The molecule has 200 valence electrons. The second-order valence-electron chi connectivity index (χ2n) is 10.0. The molecule has 1 atom stereocenters. The van der Waals surface area contributed by atoms with E-state index >= 15 is 0 Å². The molecule has 0 radical (unpaired) electrons. The molecule has 3 heterocycles. The van der Waals surface area contributed by atoms with Crippen molar-refractivity contribution in [3.05, 3.63) is 59.7 Å². The zero-order valence-electron chi connectivity index (χ0n) is 21.7.